The van der Waals surface area contributed by atoms with Crippen LogP contribution >= 0.6 is 11.6 Å². The maximum atomic E-state index is 5.93. The Morgan fingerprint density at radius 1 is 1.07 bits per heavy atom. The van der Waals surface area contributed by atoms with Gasteiger partial charge in [0.25, 0.3) is 0 Å². The van der Waals surface area contributed by atoms with Gasteiger partial charge < -0.3 is 10.6 Å². The van der Waals surface area contributed by atoms with Crippen molar-refractivity contribution in [3.8, 4) is 5.82 Å². The smallest absolute Gasteiger partial charge is 0.191 e. The SMILES string of the molecule is CCNC(=NCc1ccc(-n2ccnc2C)nc1)NCc1ccc(Cl)cc1. The average molecular weight is 383 g/mol. The second-order valence-corrected chi connectivity index (χ2v) is 6.48. The van der Waals surface area contributed by atoms with E-state index in [1.165, 1.54) is 0 Å². The van der Waals surface area contributed by atoms with Crippen molar-refractivity contribution in [2.24, 2.45) is 4.99 Å². The summed E-state index contributed by atoms with van der Waals surface area (Å²) in [5.74, 6) is 2.53. The molecule has 27 heavy (non-hydrogen) atoms. The third-order valence-corrected chi connectivity index (χ3v) is 4.27. The first kappa shape index (κ1) is 18.9. The molecule has 140 valence electrons. The van der Waals surface area contributed by atoms with Crippen LogP contribution in [0.4, 0.5) is 0 Å². The number of hydrogen-bond acceptors (Lipinski definition) is 3. The summed E-state index contributed by atoms with van der Waals surface area (Å²) in [6.07, 6.45) is 5.52. The maximum absolute atomic E-state index is 5.93. The lowest BCUT2D eigenvalue weighted by molar-refractivity contribution is 0.815. The van der Waals surface area contributed by atoms with E-state index in [4.69, 9.17) is 11.6 Å². The van der Waals surface area contributed by atoms with Crippen LogP contribution in [0, 0.1) is 6.92 Å². The summed E-state index contributed by atoms with van der Waals surface area (Å²) in [6.45, 7) is 6.02. The van der Waals surface area contributed by atoms with Gasteiger partial charge in [0.1, 0.15) is 11.6 Å². The number of aliphatic imine (C=N–C) groups is 1. The van der Waals surface area contributed by atoms with Crippen molar-refractivity contribution < 1.29 is 0 Å². The predicted octanol–water partition coefficient (Wildman–Crippen LogP) is 3.48. The first-order valence-corrected chi connectivity index (χ1v) is 9.25. The van der Waals surface area contributed by atoms with E-state index in [1.807, 2.05) is 67.2 Å². The van der Waals surface area contributed by atoms with Gasteiger partial charge in [-0.25, -0.2) is 15.0 Å². The lowest BCUT2D eigenvalue weighted by Crippen LogP contribution is -2.36. The summed E-state index contributed by atoms with van der Waals surface area (Å²) in [4.78, 5) is 13.4. The Kier molecular flexibility index (Phi) is 6.44. The Bertz CT molecular complexity index is 884. The predicted molar refractivity (Wildman–Crippen MR) is 109 cm³/mol. The first-order chi connectivity index (χ1) is 13.2. The molecular weight excluding hydrogens is 360 g/mol. The van der Waals surface area contributed by atoms with Crippen molar-refractivity contribution in [1.82, 2.24) is 25.2 Å². The fourth-order valence-electron chi connectivity index (χ4n) is 2.57. The van der Waals surface area contributed by atoms with E-state index in [0.29, 0.717) is 13.1 Å². The van der Waals surface area contributed by atoms with Gasteiger partial charge in [-0.2, -0.15) is 0 Å². The molecule has 0 spiro atoms. The van der Waals surface area contributed by atoms with E-state index in [-0.39, 0.29) is 0 Å². The van der Waals surface area contributed by atoms with Crippen molar-refractivity contribution in [1.29, 1.82) is 0 Å². The minimum atomic E-state index is 0.548. The minimum absolute atomic E-state index is 0.548. The molecule has 3 rings (SSSR count). The fraction of sp³-hybridized carbons (Fsp3) is 0.250. The number of rotatable bonds is 6. The van der Waals surface area contributed by atoms with Crippen molar-refractivity contribution in [2.75, 3.05) is 6.54 Å². The molecule has 2 N–H and O–H groups in total. The van der Waals surface area contributed by atoms with Gasteiger partial charge >= 0.3 is 0 Å². The minimum Gasteiger partial charge on any atom is -0.357 e. The van der Waals surface area contributed by atoms with Gasteiger partial charge in [-0.15, -0.1) is 0 Å². The number of nitrogens with zero attached hydrogens (tertiary/aromatic N) is 4. The highest BCUT2D eigenvalue weighted by atomic mass is 35.5. The van der Waals surface area contributed by atoms with Gasteiger partial charge in [0.05, 0.1) is 6.54 Å². The molecule has 0 saturated carbocycles. The molecule has 0 saturated heterocycles. The van der Waals surface area contributed by atoms with Crippen LogP contribution in [0.15, 0.2) is 60.0 Å². The zero-order valence-corrected chi connectivity index (χ0v) is 16.2. The average Bonchev–Trinajstić information content (AvgIpc) is 3.11. The third kappa shape index (κ3) is 5.31. The molecule has 0 bridgehead atoms. The lowest BCUT2D eigenvalue weighted by atomic mass is 10.2. The second-order valence-electron chi connectivity index (χ2n) is 6.04. The molecule has 0 amide bonds. The zero-order chi connectivity index (χ0) is 19.1. The second kappa shape index (κ2) is 9.19. The van der Waals surface area contributed by atoms with E-state index in [0.717, 1.165) is 40.3 Å². The standard InChI is InChI=1S/C20H23ClN6/c1-3-22-20(25-12-16-4-7-18(21)8-5-16)26-14-17-6-9-19(24-13-17)27-11-10-23-15(27)2/h4-11,13H,3,12,14H2,1-2H3,(H2,22,25,26). The molecule has 2 heterocycles. The Morgan fingerprint density at radius 3 is 2.48 bits per heavy atom. The molecule has 0 aliphatic carbocycles. The summed E-state index contributed by atoms with van der Waals surface area (Å²) in [5, 5.41) is 7.32. The van der Waals surface area contributed by atoms with Gasteiger partial charge in [0.15, 0.2) is 5.96 Å². The van der Waals surface area contributed by atoms with Crippen LogP contribution in [-0.4, -0.2) is 27.0 Å². The van der Waals surface area contributed by atoms with Gasteiger partial charge in [-0.05, 0) is 43.2 Å². The van der Waals surface area contributed by atoms with Crippen molar-refractivity contribution in [3.05, 3.63) is 77.0 Å². The number of aromatic nitrogens is 3. The lowest BCUT2D eigenvalue weighted by Gasteiger charge is -2.11. The molecule has 0 fully saturated rings. The Hall–Kier alpha value is -2.86. The van der Waals surface area contributed by atoms with Crippen LogP contribution in [0.2, 0.25) is 5.02 Å². The summed E-state index contributed by atoms with van der Waals surface area (Å²) < 4.78 is 1.95. The highest BCUT2D eigenvalue weighted by Crippen LogP contribution is 2.10. The van der Waals surface area contributed by atoms with Crippen molar-refractivity contribution >= 4 is 17.6 Å². The molecule has 2 aromatic heterocycles. The number of halogens is 1. The van der Waals surface area contributed by atoms with Gasteiger partial charge in [-0.1, -0.05) is 29.8 Å². The molecule has 1 aromatic carbocycles. The molecule has 0 unspecified atom stereocenters. The number of aryl methyl sites for hydroxylation is 1. The zero-order valence-electron chi connectivity index (χ0n) is 15.5. The topological polar surface area (TPSA) is 67.1 Å². The van der Waals surface area contributed by atoms with E-state index in [9.17, 15) is 0 Å². The van der Waals surface area contributed by atoms with Gasteiger partial charge in [-0.3, -0.25) is 4.57 Å². The van der Waals surface area contributed by atoms with Crippen LogP contribution < -0.4 is 10.6 Å². The maximum Gasteiger partial charge on any atom is 0.191 e. The number of guanidine groups is 1. The normalized spacial score (nSPS) is 11.4. The molecule has 0 radical (unpaired) electrons. The first-order valence-electron chi connectivity index (χ1n) is 8.87. The van der Waals surface area contributed by atoms with E-state index in [2.05, 4.69) is 25.6 Å². The Morgan fingerprint density at radius 2 is 1.85 bits per heavy atom. The molecule has 0 atom stereocenters. The van der Waals surface area contributed by atoms with Crippen LogP contribution in [0.1, 0.15) is 23.9 Å². The van der Waals surface area contributed by atoms with Gasteiger partial charge in [0.2, 0.25) is 0 Å². The molecule has 6 nitrogen and oxygen atoms in total. The molecular formula is C20H23ClN6. The summed E-state index contributed by atoms with van der Waals surface area (Å²) >= 11 is 5.93. The fourth-order valence-corrected chi connectivity index (χ4v) is 2.70. The highest BCUT2D eigenvalue weighted by molar-refractivity contribution is 6.30. The number of hydrogen-bond donors (Lipinski definition) is 2. The quantitative estimate of drug-likeness (QED) is 0.506. The van der Waals surface area contributed by atoms with Crippen LogP contribution in [0.3, 0.4) is 0 Å². The van der Waals surface area contributed by atoms with E-state index in [1.54, 1.807) is 6.20 Å². The van der Waals surface area contributed by atoms with Crippen LogP contribution in [-0.2, 0) is 13.1 Å². The molecule has 0 aliphatic heterocycles. The summed E-state index contributed by atoms with van der Waals surface area (Å²) in [5.41, 5.74) is 2.19. The molecule has 0 aliphatic rings. The third-order valence-electron chi connectivity index (χ3n) is 4.02. The van der Waals surface area contributed by atoms with E-state index >= 15 is 0 Å². The van der Waals surface area contributed by atoms with Gasteiger partial charge in [0, 0.05) is 36.7 Å². The largest absolute Gasteiger partial charge is 0.357 e. The monoisotopic (exact) mass is 382 g/mol. The Balaban J connectivity index is 1.62. The Labute approximate surface area is 164 Å². The number of pyridine rings is 1. The van der Waals surface area contributed by atoms with Crippen molar-refractivity contribution in [2.45, 2.75) is 26.9 Å². The summed E-state index contributed by atoms with van der Waals surface area (Å²) in [7, 11) is 0. The van der Waals surface area contributed by atoms with Crippen molar-refractivity contribution in [3.63, 3.8) is 0 Å². The summed E-state index contributed by atoms with van der Waals surface area (Å²) in [6, 6.07) is 11.8. The molecule has 3 aromatic rings. The van der Waals surface area contributed by atoms with Crippen LogP contribution in [0.25, 0.3) is 5.82 Å². The van der Waals surface area contributed by atoms with Crippen LogP contribution in [0.5, 0.6) is 0 Å². The van der Waals surface area contributed by atoms with E-state index < -0.39 is 0 Å². The number of nitrogens with one attached hydrogen (secondary N) is 2. The molecule has 7 heteroatoms. The number of benzene rings is 1. The highest BCUT2D eigenvalue weighted by Gasteiger charge is 2.03. The number of imidazole rings is 1.